The van der Waals surface area contributed by atoms with Gasteiger partial charge in [-0.05, 0) is 13.3 Å². The molecule has 0 aromatic heterocycles. The summed E-state index contributed by atoms with van der Waals surface area (Å²) in [6.07, 6.45) is 0. The maximum Gasteiger partial charge on any atom is 0 e. The maximum absolute atomic E-state index is 2.15. The van der Waals surface area contributed by atoms with Crippen molar-refractivity contribution in [2.24, 2.45) is 0 Å². The Bertz CT molecular complexity index is 297. The predicted molar refractivity (Wildman–Crippen MR) is 59.7 cm³/mol. The third-order valence-electron chi connectivity index (χ3n) is 1.55. The Hall–Kier alpha value is 0.143. The molecule has 0 aliphatic rings. The summed E-state index contributed by atoms with van der Waals surface area (Å²) in [5.41, 5.74) is 0. The van der Waals surface area contributed by atoms with E-state index >= 15 is 0 Å². The van der Waals surface area contributed by atoms with E-state index in [2.05, 4.69) is 55.8 Å². The molecule has 2 aromatic rings. The minimum atomic E-state index is 0. The van der Waals surface area contributed by atoms with Gasteiger partial charge in [0.2, 0.25) is 0 Å². The maximum atomic E-state index is 2.15. The van der Waals surface area contributed by atoms with Gasteiger partial charge in [-0.15, -0.1) is 38.2 Å². The summed E-state index contributed by atoms with van der Waals surface area (Å²) < 4.78 is 0. The fraction of sp³-hybridized carbons (Fsp3) is 0.182. The zero-order chi connectivity index (χ0) is 8.81. The van der Waals surface area contributed by atoms with E-state index in [9.17, 15) is 0 Å². The molecule has 0 radical (unpaired) electrons. The van der Waals surface area contributed by atoms with Crippen molar-refractivity contribution in [2.75, 3.05) is 13.3 Å². The van der Waals surface area contributed by atoms with E-state index in [1.54, 1.807) is 0 Å². The second-order valence-electron chi connectivity index (χ2n) is 2.65. The summed E-state index contributed by atoms with van der Waals surface area (Å²) in [6, 6.07) is 14.7. The minimum absolute atomic E-state index is 0. The molecule has 0 fully saturated rings. The number of hydrogen-bond donors (Lipinski definition) is 0. The van der Waals surface area contributed by atoms with Crippen molar-refractivity contribution < 1.29 is 26.2 Å². The van der Waals surface area contributed by atoms with E-state index in [1.807, 2.05) is 0 Å². The molecule has 0 aliphatic heterocycles. The van der Waals surface area contributed by atoms with Crippen molar-refractivity contribution >= 4 is 19.4 Å². The van der Waals surface area contributed by atoms with E-state index in [1.165, 1.54) is 10.8 Å². The first kappa shape index (κ1) is 13.1. The summed E-state index contributed by atoms with van der Waals surface area (Å²) in [5.74, 6) is 0. The first-order valence-corrected chi connectivity index (χ1v) is 6.07. The molecule has 0 atom stereocenters. The molecule has 0 aliphatic carbocycles. The van der Waals surface area contributed by atoms with Gasteiger partial charge in [0, 0.05) is 26.2 Å². The molecule has 0 nitrogen and oxygen atoms in total. The van der Waals surface area contributed by atoms with Crippen molar-refractivity contribution in [1.29, 1.82) is 0 Å². The minimum Gasteiger partial charge on any atom is -0.168 e. The third-order valence-corrected chi connectivity index (χ3v) is 1.55. The van der Waals surface area contributed by atoms with Crippen molar-refractivity contribution in [2.45, 2.75) is 0 Å². The van der Waals surface area contributed by atoms with Crippen LogP contribution in [0.15, 0.2) is 42.5 Å². The molecule has 0 saturated heterocycles. The molecular weight excluding hydrogens is 254 g/mol. The molecule has 68 valence electrons. The Labute approximate surface area is 101 Å². The van der Waals surface area contributed by atoms with Crippen molar-refractivity contribution in [3.05, 3.63) is 42.5 Å². The average molecular weight is 268 g/mol. The standard InChI is InChI=1S/C9H7.C2H7P.Zr/c1-2-5-9-7-3-6-8(9)4-1;1-3-2;/h1-7H;3H,1-2H3;/q-1;;. The molecule has 0 bridgehead atoms. The quantitative estimate of drug-likeness (QED) is 0.507. The molecule has 0 spiro atoms. The molecule has 0 unspecified atom stereocenters. The van der Waals surface area contributed by atoms with Crippen LogP contribution in [0, 0.1) is 0 Å². The molecule has 2 rings (SSSR count). The van der Waals surface area contributed by atoms with E-state index < -0.39 is 0 Å². The SMILES string of the molecule is CPC.[Zr].c1ccc2[cH-]ccc2c1. The summed E-state index contributed by atoms with van der Waals surface area (Å²) in [5, 5.41) is 2.66. The van der Waals surface area contributed by atoms with Crippen LogP contribution in [0.25, 0.3) is 10.8 Å². The van der Waals surface area contributed by atoms with Gasteiger partial charge in [-0.2, -0.15) is 17.5 Å². The fourth-order valence-electron chi connectivity index (χ4n) is 1.07. The zero-order valence-corrected chi connectivity index (χ0v) is 11.5. The fourth-order valence-corrected chi connectivity index (χ4v) is 1.07. The molecule has 0 amide bonds. The second-order valence-corrected chi connectivity index (χ2v) is 3.65. The number of benzene rings is 1. The molecule has 13 heavy (non-hydrogen) atoms. The van der Waals surface area contributed by atoms with Crippen molar-refractivity contribution in [3.63, 3.8) is 0 Å². The molecule has 0 N–H and O–H groups in total. The number of rotatable bonds is 0. The average Bonchev–Trinajstić information content (AvgIpc) is 2.52. The van der Waals surface area contributed by atoms with Gasteiger partial charge in [0.25, 0.3) is 0 Å². The van der Waals surface area contributed by atoms with Crippen LogP contribution >= 0.6 is 8.58 Å². The zero-order valence-electron chi connectivity index (χ0n) is 8.04. The van der Waals surface area contributed by atoms with E-state index in [0.29, 0.717) is 0 Å². The van der Waals surface area contributed by atoms with Gasteiger partial charge in [0.15, 0.2) is 0 Å². The van der Waals surface area contributed by atoms with Crippen LogP contribution in [0.3, 0.4) is 0 Å². The molecule has 2 heteroatoms. The van der Waals surface area contributed by atoms with Gasteiger partial charge in [0.05, 0.1) is 0 Å². The molecular formula is C11H14PZr-. The second kappa shape index (κ2) is 7.54. The third kappa shape index (κ3) is 4.25. The van der Waals surface area contributed by atoms with E-state index in [0.717, 1.165) is 8.58 Å². The first-order valence-electron chi connectivity index (χ1n) is 4.07. The Morgan fingerprint density at radius 3 is 2.31 bits per heavy atom. The molecule has 2 aromatic carbocycles. The van der Waals surface area contributed by atoms with Crippen molar-refractivity contribution in [3.8, 4) is 0 Å². The Balaban J connectivity index is 0.000000324. The Morgan fingerprint density at radius 2 is 1.69 bits per heavy atom. The molecule has 0 heterocycles. The molecule has 0 saturated carbocycles. The first-order chi connectivity index (χ1) is 5.88. The van der Waals surface area contributed by atoms with Crippen LogP contribution < -0.4 is 0 Å². The summed E-state index contributed by atoms with van der Waals surface area (Å²) >= 11 is 0. The van der Waals surface area contributed by atoms with Gasteiger partial charge in [-0.25, -0.2) is 0 Å². The number of fused-ring (bicyclic) bond motifs is 1. The normalized spacial score (nSPS) is 8.46. The summed E-state index contributed by atoms with van der Waals surface area (Å²) in [4.78, 5) is 0. The number of hydrogen-bond acceptors (Lipinski definition) is 0. The van der Waals surface area contributed by atoms with Gasteiger partial charge >= 0.3 is 0 Å². The van der Waals surface area contributed by atoms with Crippen LogP contribution in [-0.4, -0.2) is 13.3 Å². The summed E-state index contributed by atoms with van der Waals surface area (Å²) in [6.45, 7) is 4.31. The largest absolute Gasteiger partial charge is 0.168 e. The van der Waals surface area contributed by atoms with Crippen LogP contribution in [0.2, 0.25) is 0 Å². The van der Waals surface area contributed by atoms with E-state index in [4.69, 9.17) is 0 Å². The van der Waals surface area contributed by atoms with E-state index in [-0.39, 0.29) is 26.2 Å². The summed E-state index contributed by atoms with van der Waals surface area (Å²) in [7, 11) is 1.08. The van der Waals surface area contributed by atoms with Gasteiger partial charge in [-0.1, -0.05) is 6.07 Å². The Morgan fingerprint density at radius 1 is 1.08 bits per heavy atom. The van der Waals surface area contributed by atoms with Crippen molar-refractivity contribution in [1.82, 2.24) is 0 Å². The monoisotopic (exact) mass is 267 g/mol. The topological polar surface area (TPSA) is 0 Å². The van der Waals surface area contributed by atoms with Crippen LogP contribution in [0.5, 0.6) is 0 Å². The van der Waals surface area contributed by atoms with Crippen LogP contribution in [0.1, 0.15) is 0 Å². The van der Waals surface area contributed by atoms with Gasteiger partial charge in [-0.3, -0.25) is 0 Å². The van der Waals surface area contributed by atoms with Gasteiger partial charge < -0.3 is 0 Å². The van der Waals surface area contributed by atoms with Crippen LogP contribution in [0.4, 0.5) is 0 Å². The Kier molecular flexibility index (Phi) is 7.62. The van der Waals surface area contributed by atoms with Crippen LogP contribution in [-0.2, 0) is 26.2 Å². The van der Waals surface area contributed by atoms with Gasteiger partial charge in [0.1, 0.15) is 0 Å². The smallest absolute Gasteiger partial charge is 0 e. The predicted octanol–water partition coefficient (Wildman–Crippen LogP) is 3.48.